The Hall–Kier alpha value is -1.83. The van der Waals surface area contributed by atoms with E-state index in [0.717, 1.165) is 42.0 Å². The molecule has 7 heteroatoms. The highest BCUT2D eigenvalue weighted by molar-refractivity contribution is 7.18. The first-order valence-electron chi connectivity index (χ1n) is 7.52. The van der Waals surface area contributed by atoms with Crippen molar-refractivity contribution in [1.82, 2.24) is 9.88 Å². The maximum atomic E-state index is 10.8. The lowest BCUT2D eigenvalue weighted by molar-refractivity contribution is -0.380. The average molecular weight is 345 g/mol. The Morgan fingerprint density at radius 1 is 1.39 bits per heavy atom. The standard InChI is InChI=1S/C16H15N3O2S2/c20-19(21)15-8-11(10-22-15)9-18-7-3-5-13(18)16-17-12-4-1-2-6-14(12)23-16/h1-2,4,6,8,10,13H,3,5,7,9H2/t13-/m1/s1. The van der Waals surface area contributed by atoms with Crippen molar-refractivity contribution in [3.63, 3.8) is 0 Å². The molecule has 0 bridgehead atoms. The van der Waals surface area contributed by atoms with Crippen molar-refractivity contribution in [2.45, 2.75) is 25.4 Å². The molecule has 0 N–H and O–H groups in total. The molecule has 0 radical (unpaired) electrons. The van der Waals surface area contributed by atoms with Gasteiger partial charge in [0, 0.05) is 18.0 Å². The zero-order valence-electron chi connectivity index (χ0n) is 12.3. The molecular weight excluding hydrogens is 330 g/mol. The number of nitro groups is 1. The molecule has 2 aromatic heterocycles. The Morgan fingerprint density at radius 2 is 2.26 bits per heavy atom. The van der Waals surface area contributed by atoms with Crippen LogP contribution in [0.25, 0.3) is 10.2 Å². The van der Waals surface area contributed by atoms with Gasteiger partial charge < -0.3 is 0 Å². The maximum Gasteiger partial charge on any atom is 0.324 e. The monoisotopic (exact) mass is 345 g/mol. The van der Waals surface area contributed by atoms with Crippen LogP contribution in [0.1, 0.15) is 29.5 Å². The van der Waals surface area contributed by atoms with Crippen LogP contribution in [-0.4, -0.2) is 21.4 Å². The Morgan fingerprint density at radius 3 is 3.04 bits per heavy atom. The van der Waals surface area contributed by atoms with E-state index < -0.39 is 0 Å². The minimum atomic E-state index is -0.316. The van der Waals surface area contributed by atoms with Crippen molar-refractivity contribution < 1.29 is 4.92 Å². The molecule has 1 aliphatic rings. The normalized spacial score (nSPS) is 18.7. The van der Waals surface area contributed by atoms with E-state index >= 15 is 0 Å². The summed E-state index contributed by atoms with van der Waals surface area (Å²) in [5.41, 5.74) is 2.08. The molecule has 3 aromatic rings. The first kappa shape index (κ1) is 14.7. The Balaban J connectivity index is 1.57. The van der Waals surface area contributed by atoms with Gasteiger partial charge in [0.1, 0.15) is 5.01 Å². The van der Waals surface area contributed by atoms with Crippen molar-refractivity contribution in [3.8, 4) is 0 Å². The van der Waals surface area contributed by atoms with E-state index in [1.165, 1.54) is 16.0 Å². The summed E-state index contributed by atoms with van der Waals surface area (Å²) in [5.74, 6) is 0. The van der Waals surface area contributed by atoms with E-state index in [0.29, 0.717) is 6.04 Å². The number of fused-ring (bicyclic) bond motifs is 1. The summed E-state index contributed by atoms with van der Waals surface area (Å²) in [4.78, 5) is 17.7. The number of thiophene rings is 1. The zero-order valence-corrected chi connectivity index (χ0v) is 14.0. The largest absolute Gasteiger partial charge is 0.324 e. The molecule has 0 saturated carbocycles. The van der Waals surface area contributed by atoms with Crippen molar-refractivity contribution in [1.29, 1.82) is 0 Å². The fourth-order valence-electron chi connectivity index (χ4n) is 3.10. The highest BCUT2D eigenvalue weighted by atomic mass is 32.1. The van der Waals surface area contributed by atoms with E-state index in [9.17, 15) is 10.1 Å². The molecule has 1 aromatic carbocycles. The Kier molecular flexibility index (Phi) is 3.84. The molecule has 5 nitrogen and oxygen atoms in total. The van der Waals surface area contributed by atoms with Crippen LogP contribution in [0.5, 0.6) is 0 Å². The Bertz CT molecular complexity index is 825. The molecule has 4 rings (SSSR count). The molecule has 23 heavy (non-hydrogen) atoms. The summed E-state index contributed by atoms with van der Waals surface area (Å²) in [5, 5.41) is 14.1. The van der Waals surface area contributed by atoms with Gasteiger partial charge in [-0.15, -0.1) is 11.3 Å². The van der Waals surface area contributed by atoms with Crippen LogP contribution < -0.4 is 0 Å². The molecular formula is C16H15N3O2S2. The summed E-state index contributed by atoms with van der Waals surface area (Å²) in [7, 11) is 0. The molecule has 1 saturated heterocycles. The SMILES string of the molecule is O=[N+]([O-])c1cc(CN2CCC[C@@H]2c2nc3ccccc3s2)cs1. The number of thiazole rings is 1. The smallest absolute Gasteiger partial charge is 0.290 e. The number of hydrogen-bond donors (Lipinski definition) is 0. The van der Waals surface area contributed by atoms with Crippen molar-refractivity contribution in [2.24, 2.45) is 0 Å². The van der Waals surface area contributed by atoms with Crippen LogP contribution in [0.2, 0.25) is 0 Å². The highest BCUT2D eigenvalue weighted by Crippen LogP contribution is 2.37. The molecule has 0 unspecified atom stereocenters. The lowest BCUT2D eigenvalue weighted by Crippen LogP contribution is -2.22. The van der Waals surface area contributed by atoms with Gasteiger partial charge in [0.05, 0.1) is 21.2 Å². The lowest BCUT2D eigenvalue weighted by atomic mass is 10.2. The topological polar surface area (TPSA) is 59.3 Å². The van der Waals surface area contributed by atoms with Crippen LogP contribution >= 0.6 is 22.7 Å². The first-order chi connectivity index (χ1) is 11.2. The van der Waals surface area contributed by atoms with Crippen LogP contribution in [0, 0.1) is 10.1 Å². The Labute approximate surface area is 141 Å². The first-order valence-corrected chi connectivity index (χ1v) is 9.21. The fourth-order valence-corrected chi connectivity index (χ4v) is 4.96. The van der Waals surface area contributed by atoms with Gasteiger partial charge in [-0.1, -0.05) is 23.5 Å². The molecule has 3 heterocycles. The summed E-state index contributed by atoms with van der Waals surface area (Å²) in [6.45, 7) is 1.77. The van der Waals surface area contributed by atoms with E-state index in [-0.39, 0.29) is 9.92 Å². The average Bonchev–Trinajstić information content (AvgIpc) is 3.25. The van der Waals surface area contributed by atoms with Gasteiger partial charge in [-0.3, -0.25) is 15.0 Å². The lowest BCUT2D eigenvalue weighted by Gasteiger charge is -2.21. The zero-order chi connectivity index (χ0) is 15.8. The number of rotatable bonds is 4. The predicted molar refractivity (Wildman–Crippen MR) is 93.0 cm³/mol. The van der Waals surface area contributed by atoms with Gasteiger partial charge in [-0.2, -0.15) is 0 Å². The van der Waals surface area contributed by atoms with Gasteiger partial charge in [-0.05, 0) is 37.1 Å². The molecule has 0 amide bonds. The van der Waals surface area contributed by atoms with Crippen LogP contribution in [-0.2, 0) is 6.54 Å². The van der Waals surface area contributed by atoms with Crippen molar-refractivity contribution in [3.05, 3.63) is 56.4 Å². The van der Waals surface area contributed by atoms with E-state index in [2.05, 4.69) is 17.0 Å². The van der Waals surface area contributed by atoms with Crippen molar-refractivity contribution >= 4 is 37.9 Å². The van der Waals surface area contributed by atoms with Gasteiger partial charge in [-0.25, -0.2) is 4.98 Å². The minimum Gasteiger partial charge on any atom is -0.290 e. The number of benzene rings is 1. The highest BCUT2D eigenvalue weighted by Gasteiger charge is 2.29. The predicted octanol–water partition coefficient (Wildman–Crippen LogP) is 4.60. The molecule has 118 valence electrons. The van der Waals surface area contributed by atoms with Crippen molar-refractivity contribution in [2.75, 3.05) is 6.54 Å². The summed E-state index contributed by atoms with van der Waals surface area (Å²) >= 11 is 2.96. The quantitative estimate of drug-likeness (QED) is 0.512. The molecule has 0 spiro atoms. The van der Waals surface area contributed by atoms with Crippen LogP contribution in [0.3, 0.4) is 0 Å². The van der Waals surface area contributed by atoms with Crippen LogP contribution in [0.4, 0.5) is 5.00 Å². The maximum absolute atomic E-state index is 10.8. The van der Waals surface area contributed by atoms with Gasteiger partial charge in [0.15, 0.2) is 0 Å². The second-order valence-corrected chi connectivity index (χ2v) is 7.65. The summed E-state index contributed by atoms with van der Waals surface area (Å²) in [6.07, 6.45) is 2.25. The molecule has 1 atom stereocenters. The third-order valence-electron chi connectivity index (χ3n) is 4.16. The van der Waals surface area contributed by atoms with Crippen LogP contribution in [0.15, 0.2) is 35.7 Å². The minimum absolute atomic E-state index is 0.218. The van der Waals surface area contributed by atoms with E-state index in [1.807, 2.05) is 17.5 Å². The third-order valence-corrected chi connectivity index (χ3v) is 6.23. The third kappa shape index (κ3) is 2.87. The van der Waals surface area contributed by atoms with Gasteiger partial charge in [0.2, 0.25) is 0 Å². The number of para-hydroxylation sites is 1. The summed E-state index contributed by atoms with van der Waals surface area (Å²) < 4.78 is 1.22. The molecule has 1 fully saturated rings. The van der Waals surface area contributed by atoms with E-state index in [1.54, 1.807) is 17.4 Å². The second-order valence-electron chi connectivity index (χ2n) is 5.70. The second kappa shape index (κ2) is 5.99. The van der Waals surface area contributed by atoms with Gasteiger partial charge in [0.25, 0.3) is 0 Å². The number of likely N-dealkylation sites (tertiary alicyclic amines) is 1. The molecule has 0 aliphatic carbocycles. The number of hydrogen-bond acceptors (Lipinski definition) is 6. The number of aromatic nitrogens is 1. The number of nitrogens with zero attached hydrogens (tertiary/aromatic N) is 3. The molecule has 1 aliphatic heterocycles. The fraction of sp³-hybridized carbons (Fsp3) is 0.312. The van der Waals surface area contributed by atoms with E-state index in [4.69, 9.17) is 4.98 Å². The summed E-state index contributed by atoms with van der Waals surface area (Å²) in [6, 6.07) is 10.2. The van der Waals surface area contributed by atoms with Gasteiger partial charge >= 0.3 is 5.00 Å².